The number of amides is 2. The van der Waals surface area contributed by atoms with Gasteiger partial charge in [-0.15, -0.1) is 5.06 Å². The zero-order valence-corrected chi connectivity index (χ0v) is 16.4. The Morgan fingerprint density at radius 3 is 2.79 bits per heavy atom. The minimum atomic E-state index is -4.77. The Bertz CT molecular complexity index is 906. The van der Waals surface area contributed by atoms with Gasteiger partial charge in [0.1, 0.15) is 5.03 Å². The van der Waals surface area contributed by atoms with Crippen LogP contribution in [0.4, 0.5) is 5.69 Å². The summed E-state index contributed by atoms with van der Waals surface area (Å²) >= 11 is 0. The number of aromatic nitrogens is 1. The molecule has 2 amide bonds. The van der Waals surface area contributed by atoms with Crippen molar-refractivity contribution in [2.75, 3.05) is 5.75 Å². The minimum Gasteiger partial charge on any atom is -0.330 e. The Balaban J connectivity index is 1.73. The topological polar surface area (TPSA) is 174 Å². The number of carbonyl (C=O) groups is 3. The van der Waals surface area contributed by atoms with Crippen molar-refractivity contribution in [1.29, 1.82) is 0 Å². The number of nitrogens with zero attached hydrogens (tertiary/aromatic N) is 3. The van der Waals surface area contributed by atoms with Gasteiger partial charge in [0.15, 0.2) is 5.25 Å². The van der Waals surface area contributed by atoms with Crippen LogP contribution in [-0.2, 0) is 29.3 Å². The quantitative estimate of drug-likeness (QED) is 0.141. The largest absolute Gasteiger partial charge is 0.333 e. The molecular formula is C13H13N3O9S3. The lowest BCUT2D eigenvalue weighted by Crippen LogP contribution is -2.36. The molecule has 28 heavy (non-hydrogen) atoms. The van der Waals surface area contributed by atoms with Crippen LogP contribution in [0.15, 0.2) is 23.4 Å². The molecule has 1 atom stereocenters. The van der Waals surface area contributed by atoms with Crippen molar-refractivity contribution >= 4 is 55.2 Å². The monoisotopic (exact) mass is 451 g/mol. The van der Waals surface area contributed by atoms with E-state index in [4.69, 9.17) is 4.55 Å². The van der Waals surface area contributed by atoms with Crippen LogP contribution in [0.3, 0.4) is 0 Å². The van der Waals surface area contributed by atoms with Crippen molar-refractivity contribution in [1.82, 2.24) is 10.0 Å². The molecule has 1 aliphatic heterocycles. The number of imide groups is 1. The Labute approximate surface area is 166 Å². The molecule has 12 nitrogen and oxygen atoms in total. The standard InChI is InChI=1S/C13H13N3O9S3/c17-11-7-9(28(22,23)24)13(19)15(11)25-12(18)2-1-5-26-27-10-6-8(16(20)21)3-4-14-10/h3-4,6,9H,1-2,5,7H2,(H,22,23,24). The van der Waals surface area contributed by atoms with Crippen molar-refractivity contribution in [2.24, 2.45) is 0 Å². The maximum Gasteiger partial charge on any atom is 0.333 e. The molecule has 0 aromatic carbocycles. The fourth-order valence-electron chi connectivity index (χ4n) is 1.99. The molecule has 2 rings (SSSR count). The summed E-state index contributed by atoms with van der Waals surface area (Å²) < 4.78 is 30.9. The molecule has 0 radical (unpaired) electrons. The summed E-state index contributed by atoms with van der Waals surface area (Å²) in [4.78, 5) is 53.7. The van der Waals surface area contributed by atoms with Gasteiger partial charge in [-0.1, -0.05) is 10.8 Å². The third-order valence-electron chi connectivity index (χ3n) is 3.30. The van der Waals surface area contributed by atoms with E-state index in [9.17, 15) is 32.9 Å². The van der Waals surface area contributed by atoms with E-state index in [1.807, 2.05) is 0 Å². The average Bonchev–Trinajstić information content (AvgIpc) is 2.90. The number of pyridine rings is 1. The lowest BCUT2D eigenvalue weighted by molar-refractivity contribution is -0.385. The van der Waals surface area contributed by atoms with E-state index in [1.165, 1.54) is 39.9 Å². The van der Waals surface area contributed by atoms with E-state index in [1.54, 1.807) is 0 Å². The van der Waals surface area contributed by atoms with Crippen LogP contribution >= 0.6 is 21.6 Å². The van der Waals surface area contributed by atoms with Gasteiger partial charge in [0.25, 0.3) is 27.6 Å². The summed E-state index contributed by atoms with van der Waals surface area (Å²) in [7, 11) is -2.31. The highest BCUT2D eigenvalue weighted by molar-refractivity contribution is 8.76. The summed E-state index contributed by atoms with van der Waals surface area (Å²) in [6.07, 6.45) is 0.642. The third kappa shape index (κ3) is 5.88. The van der Waals surface area contributed by atoms with Crippen LogP contribution < -0.4 is 0 Å². The van der Waals surface area contributed by atoms with Crippen molar-refractivity contribution in [3.8, 4) is 0 Å². The van der Waals surface area contributed by atoms with E-state index in [-0.39, 0.29) is 17.2 Å². The van der Waals surface area contributed by atoms with Gasteiger partial charge in [-0.2, -0.15) is 8.42 Å². The van der Waals surface area contributed by atoms with Crippen molar-refractivity contribution in [3.63, 3.8) is 0 Å². The van der Waals surface area contributed by atoms with E-state index in [2.05, 4.69) is 9.82 Å². The van der Waals surface area contributed by atoms with Crippen molar-refractivity contribution in [3.05, 3.63) is 28.4 Å². The molecule has 0 spiro atoms. The first-order chi connectivity index (χ1) is 13.1. The second-order valence-corrected chi connectivity index (χ2v) is 9.35. The normalized spacial score (nSPS) is 17.0. The van der Waals surface area contributed by atoms with Gasteiger partial charge in [0.05, 0.1) is 11.3 Å². The van der Waals surface area contributed by atoms with E-state index in [0.29, 0.717) is 17.2 Å². The highest BCUT2D eigenvalue weighted by Gasteiger charge is 2.48. The molecule has 15 heteroatoms. The average molecular weight is 451 g/mol. The van der Waals surface area contributed by atoms with Crippen LogP contribution in [0, 0.1) is 10.1 Å². The number of hydroxylamine groups is 2. The molecule has 1 aromatic rings. The number of rotatable bonds is 9. The van der Waals surface area contributed by atoms with Gasteiger partial charge in [0.2, 0.25) is 0 Å². The molecule has 1 aliphatic rings. The highest BCUT2D eigenvalue weighted by atomic mass is 33.1. The molecule has 0 aliphatic carbocycles. The Kier molecular flexibility index (Phi) is 7.34. The Morgan fingerprint density at radius 1 is 1.46 bits per heavy atom. The van der Waals surface area contributed by atoms with Crippen LogP contribution in [0.1, 0.15) is 19.3 Å². The molecule has 1 N–H and O–H groups in total. The van der Waals surface area contributed by atoms with Gasteiger partial charge in [-0.05, 0) is 17.2 Å². The van der Waals surface area contributed by atoms with Gasteiger partial charge < -0.3 is 4.84 Å². The maximum atomic E-state index is 11.7. The molecule has 1 fully saturated rings. The SMILES string of the molecule is O=C(CCCSSc1cc([N+](=O)[O-])ccn1)ON1C(=O)CC(S(=O)(=O)O)C1=O. The van der Waals surface area contributed by atoms with E-state index < -0.39 is 44.5 Å². The van der Waals surface area contributed by atoms with Crippen molar-refractivity contribution < 1.29 is 37.1 Å². The van der Waals surface area contributed by atoms with Crippen LogP contribution in [0.25, 0.3) is 0 Å². The molecule has 1 saturated heterocycles. The molecule has 1 aromatic heterocycles. The maximum absolute atomic E-state index is 11.7. The minimum absolute atomic E-state index is 0.0513. The molecular weight excluding hydrogens is 438 g/mol. The number of hydrogen-bond acceptors (Lipinski definition) is 11. The predicted octanol–water partition coefficient (Wildman–Crippen LogP) is 0.984. The number of nitro groups is 1. The zero-order chi connectivity index (χ0) is 20.9. The first-order valence-corrected chi connectivity index (χ1v) is 11.4. The lowest BCUT2D eigenvalue weighted by Gasteiger charge is -2.13. The first-order valence-electron chi connectivity index (χ1n) is 7.53. The Morgan fingerprint density at radius 2 is 2.18 bits per heavy atom. The lowest BCUT2D eigenvalue weighted by atomic mass is 10.3. The molecule has 0 saturated carbocycles. The second-order valence-electron chi connectivity index (χ2n) is 5.32. The fraction of sp³-hybridized carbons (Fsp3) is 0.385. The molecule has 1 unspecified atom stereocenters. The summed E-state index contributed by atoms with van der Waals surface area (Å²) in [5.74, 6) is -2.85. The molecule has 152 valence electrons. The number of carbonyl (C=O) groups excluding carboxylic acids is 3. The van der Waals surface area contributed by atoms with Gasteiger partial charge in [0, 0.05) is 30.5 Å². The van der Waals surface area contributed by atoms with E-state index in [0.717, 1.165) is 0 Å². The summed E-state index contributed by atoms with van der Waals surface area (Å²) in [5, 5.41) is 9.18. The number of hydrogen-bond donors (Lipinski definition) is 1. The van der Waals surface area contributed by atoms with Crippen LogP contribution in [0.2, 0.25) is 0 Å². The molecule has 0 bridgehead atoms. The fourth-order valence-corrected chi connectivity index (χ4v) is 4.68. The van der Waals surface area contributed by atoms with Crippen LogP contribution in [0.5, 0.6) is 0 Å². The van der Waals surface area contributed by atoms with Gasteiger partial charge >= 0.3 is 5.97 Å². The summed E-state index contributed by atoms with van der Waals surface area (Å²) in [6.45, 7) is 0. The summed E-state index contributed by atoms with van der Waals surface area (Å²) in [6, 6.07) is 2.57. The van der Waals surface area contributed by atoms with Crippen molar-refractivity contribution in [2.45, 2.75) is 29.5 Å². The zero-order valence-electron chi connectivity index (χ0n) is 13.9. The van der Waals surface area contributed by atoms with Gasteiger partial charge in [-0.25, -0.2) is 9.78 Å². The van der Waals surface area contributed by atoms with Gasteiger partial charge in [-0.3, -0.25) is 24.3 Å². The molecule has 2 heterocycles. The Hall–Kier alpha value is -2.23. The first kappa shape index (κ1) is 22.1. The third-order valence-corrected chi connectivity index (χ3v) is 6.72. The summed E-state index contributed by atoms with van der Waals surface area (Å²) in [5.41, 5.74) is -0.0928. The predicted molar refractivity (Wildman–Crippen MR) is 96.3 cm³/mol. The van der Waals surface area contributed by atoms with E-state index >= 15 is 0 Å². The van der Waals surface area contributed by atoms with Crippen LogP contribution in [-0.4, -0.2) is 56.7 Å². The highest BCUT2D eigenvalue weighted by Crippen LogP contribution is 2.31. The second kappa shape index (κ2) is 9.31. The smallest absolute Gasteiger partial charge is 0.330 e.